The number of hydrogen-bond donors (Lipinski definition) is 1. The third-order valence-corrected chi connectivity index (χ3v) is 2.83. The molecule has 0 radical (unpaired) electrons. The summed E-state index contributed by atoms with van der Waals surface area (Å²) in [4.78, 5) is 2.29. The van der Waals surface area contributed by atoms with Crippen LogP contribution in [0.2, 0.25) is 0 Å². The number of rotatable bonds is 3. The van der Waals surface area contributed by atoms with E-state index in [9.17, 15) is 0 Å². The van der Waals surface area contributed by atoms with E-state index in [1.165, 1.54) is 11.3 Å². The van der Waals surface area contributed by atoms with E-state index in [2.05, 4.69) is 17.0 Å². The first-order valence-corrected chi connectivity index (χ1v) is 5.32. The lowest BCUT2D eigenvalue weighted by Gasteiger charge is -2.20. The second-order valence-electron chi connectivity index (χ2n) is 3.85. The van der Waals surface area contributed by atoms with Crippen molar-refractivity contribution in [2.75, 3.05) is 23.7 Å². The average Bonchev–Trinajstić information content (AvgIpc) is 2.63. The minimum absolute atomic E-state index is 0.624. The van der Waals surface area contributed by atoms with Crippen molar-refractivity contribution >= 4 is 11.4 Å². The first-order chi connectivity index (χ1) is 7.33. The molecule has 0 bridgehead atoms. The minimum atomic E-state index is 0.624. The number of unbranched alkanes of at least 4 members (excludes halogenated alkanes) is 1. The van der Waals surface area contributed by atoms with Crippen LogP contribution in [0.15, 0.2) is 18.2 Å². The Morgan fingerprint density at radius 2 is 2.33 bits per heavy atom. The van der Waals surface area contributed by atoms with Gasteiger partial charge in [0.15, 0.2) is 0 Å². The van der Waals surface area contributed by atoms with E-state index in [0.29, 0.717) is 6.42 Å². The van der Waals surface area contributed by atoms with Gasteiger partial charge in [-0.1, -0.05) is 12.1 Å². The number of hydrogen-bond acceptors (Lipinski definition) is 3. The molecule has 15 heavy (non-hydrogen) atoms. The molecule has 0 atom stereocenters. The highest BCUT2D eigenvalue weighted by Gasteiger charge is 2.20. The summed E-state index contributed by atoms with van der Waals surface area (Å²) in [6, 6.07) is 8.26. The quantitative estimate of drug-likeness (QED) is 0.600. The molecule has 0 fully saturated rings. The van der Waals surface area contributed by atoms with Gasteiger partial charge in [-0.05, 0) is 24.5 Å². The molecular weight excluding hydrogens is 186 g/mol. The fourth-order valence-corrected chi connectivity index (χ4v) is 2.14. The Morgan fingerprint density at radius 3 is 3.13 bits per heavy atom. The van der Waals surface area contributed by atoms with Gasteiger partial charge in [0.25, 0.3) is 0 Å². The molecule has 1 aliphatic heterocycles. The SMILES string of the molecule is N#CCCCN1CCc2cccc(N)c21. The van der Waals surface area contributed by atoms with Crippen molar-refractivity contribution < 1.29 is 0 Å². The molecule has 78 valence electrons. The predicted molar refractivity (Wildman–Crippen MR) is 61.6 cm³/mol. The normalized spacial score (nSPS) is 13.7. The van der Waals surface area contributed by atoms with Crippen LogP contribution < -0.4 is 10.6 Å². The first kappa shape index (κ1) is 9.85. The van der Waals surface area contributed by atoms with Gasteiger partial charge >= 0.3 is 0 Å². The van der Waals surface area contributed by atoms with E-state index in [1.54, 1.807) is 0 Å². The Morgan fingerprint density at radius 1 is 1.47 bits per heavy atom. The van der Waals surface area contributed by atoms with Crippen LogP contribution in [-0.2, 0) is 6.42 Å². The van der Waals surface area contributed by atoms with Gasteiger partial charge in [-0.25, -0.2) is 0 Å². The highest BCUT2D eigenvalue weighted by Crippen LogP contribution is 2.33. The monoisotopic (exact) mass is 201 g/mol. The Labute approximate surface area is 90.1 Å². The Hall–Kier alpha value is -1.69. The van der Waals surface area contributed by atoms with Crippen molar-refractivity contribution in [1.82, 2.24) is 0 Å². The number of anilines is 2. The Bertz CT molecular complexity index is 392. The van der Waals surface area contributed by atoms with E-state index >= 15 is 0 Å². The molecular formula is C12H15N3. The molecule has 1 aromatic rings. The Kier molecular flexibility index (Phi) is 2.77. The van der Waals surface area contributed by atoms with E-state index in [-0.39, 0.29) is 0 Å². The molecule has 0 saturated carbocycles. The van der Waals surface area contributed by atoms with Gasteiger partial charge in [0, 0.05) is 19.5 Å². The number of nitrogens with two attached hydrogens (primary N) is 1. The zero-order valence-corrected chi connectivity index (χ0v) is 8.74. The summed E-state index contributed by atoms with van der Waals surface area (Å²) < 4.78 is 0. The van der Waals surface area contributed by atoms with Crippen molar-refractivity contribution in [3.05, 3.63) is 23.8 Å². The molecule has 2 rings (SSSR count). The summed E-state index contributed by atoms with van der Waals surface area (Å²) >= 11 is 0. The average molecular weight is 201 g/mol. The highest BCUT2D eigenvalue weighted by molar-refractivity contribution is 5.74. The van der Waals surface area contributed by atoms with Crippen LogP contribution in [0.5, 0.6) is 0 Å². The number of benzene rings is 1. The maximum Gasteiger partial charge on any atom is 0.0633 e. The smallest absolute Gasteiger partial charge is 0.0633 e. The molecule has 0 aliphatic carbocycles. The zero-order chi connectivity index (χ0) is 10.7. The Balaban J connectivity index is 2.11. The molecule has 3 nitrogen and oxygen atoms in total. The summed E-state index contributed by atoms with van der Waals surface area (Å²) in [6.07, 6.45) is 2.62. The van der Waals surface area contributed by atoms with Crippen LogP contribution in [0.3, 0.4) is 0 Å². The molecule has 2 N–H and O–H groups in total. The van der Waals surface area contributed by atoms with E-state index in [4.69, 9.17) is 11.0 Å². The van der Waals surface area contributed by atoms with Crippen molar-refractivity contribution in [3.8, 4) is 6.07 Å². The summed E-state index contributed by atoms with van der Waals surface area (Å²) in [5.74, 6) is 0. The molecule has 3 heteroatoms. The van der Waals surface area contributed by atoms with Gasteiger partial charge in [0.1, 0.15) is 0 Å². The highest BCUT2D eigenvalue weighted by atomic mass is 15.2. The largest absolute Gasteiger partial charge is 0.397 e. The van der Waals surface area contributed by atoms with Gasteiger partial charge < -0.3 is 10.6 Å². The lowest BCUT2D eigenvalue weighted by molar-refractivity contribution is 0.766. The van der Waals surface area contributed by atoms with Gasteiger partial charge in [0.05, 0.1) is 17.4 Å². The molecule has 0 saturated heterocycles. The third-order valence-electron chi connectivity index (χ3n) is 2.83. The predicted octanol–water partition coefficient (Wildman–Crippen LogP) is 1.94. The van der Waals surface area contributed by atoms with Gasteiger partial charge in [-0.3, -0.25) is 0 Å². The maximum absolute atomic E-state index is 8.50. The molecule has 0 aromatic heterocycles. The number of para-hydroxylation sites is 1. The van der Waals surface area contributed by atoms with E-state index < -0.39 is 0 Å². The van der Waals surface area contributed by atoms with Crippen LogP contribution in [-0.4, -0.2) is 13.1 Å². The van der Waals surface area contributed by atoms with Crippen LogP contribution in [0.4, 0.5) is 11.4 Å². The minimum Gasteiger partial charge on any atom is -0.397 e. The van der Waals surface area contributed by atoms with Crippen LogP contribution >= 0.6 is 0 Å². The standard InChI is InChI=1S/C12H15N3/c13-7-1-2-8-15-9-6-10-4-3-5-11(14)12(10)15/h3-5H,1-2,6,8-9,14H2. The fraction of sp³-hybridized carbons (Fsp3) is 0.417. The number of nitrogens with zero attached hydrogens (tertiary/aromatic N) is 2. The summed E-state index contributed by atoms with van der Waals surface area (Å²) in [5.41, 5.74) is 9.35. The van der Waals surface area contributed by atoms with Crippen LogP contribution in [0.1, 0.15) is 18.4 Å². The zero-order valence-electron chi connectivity index (χ0n) is 8.74. The fourth-order valence-electron chi connectivity index (χ4n) is 2.14. The van der Waals surface area contributed by atoms with Crippen LogP contribution in [0, 0.1) is 11.3 Å². The molecule has 1 aromatic carbocycles. The number of nitrogen functional groups attached to an aromatic ring is 1. The summed E-state index contributed by atoms with van der Waals surface area (Å²) in [6.45, 7) is 1.98. The topological polar surface area (TPSA) is 53.0 Å². The second kappa shape index (κ2) is 4.22. The third kappa shape index (κ3) is 1.89. The van der Waals surface area contributed by atoms with Crippen molar-refractivity contribution in [2.45, 2.75) is 19.3 Å². The lowest BCUT2D eigenvalue weighted by atomic mass is 10.1. The second-order valence-corrected chi connectivity index (χ2v) is 3.85. The summed E-state index contributed by atoms with van der Waals surface area (Å²) in [5, 5.41) is 8.50. The van der Waals surface area contributed by atoms with Gasteiger partial charge in [0.2, 0.25) is 0 Å². The molecule has 0 spiro atoms. The van der Waals surface area contributed by atoms with E-state index in [1.807, 2.05) is 12.1 Å². The van der Waals surface area contributed by atoms with Crippen molar-refractivity contribution in [1.29, 1.82) is 5.26 Å². The number of nitriles is 1. The molecule has 0 amide bonds. The van der Waals surface area contributed by atoms with Crippen LogP contribution in [0.25, 0.3) is 0 Å². The van der Waals surface area contributed by atoms with Crippen molar-refractivity contribution in [2.24, 2.45) is 0 Å². The molecule has 1 heterocycles. The van der Waals surface area contributed by atoms with E-state index in [0.717, 1.165) is 31.6 Å². The molecule has 0 unspecified atom stereocenters. The summed E-state index contributed by atoms with van der Waals surface area (Å²) in [7, 11) is 0. The van der Waals surface area contributed by atoms with Gasteiger partial charge in [-0.15, -0.1) is 0 Å². The molecule has 1 aliphatic rings. The number of fused-ring (bicyclic) bond motifs is 1. The van der Waals surface area contributed by atoms with Crippen molar-refractivity contribution in [3.63, 3.8) is 0 Å². The van der Waals surface area contributed by atoms with Gasteiger partial charge in [-0.2, -0.15) is 5.26 Å². The first-order valence-electron chi connectivity index (χ1n) is 5.32. The maximum atomic E-state index is 8.50. The lowest BCUT2D eigenvalue weighted by Crippen LogP contribution is -2.22.